The maximum absolute atomic E-state index is 12.7. The summed E-state index contributed by atoms with van der Waals surface area (Å²) in [6, 6.07) is 8.85. The van der Waals surface area contributed by atoms with E-state index in [0.29, 0.717) is 33.8 Å². The number of methoxy groups -OCH3 is 1. The zero-order valence-electron chi connectivity index (χ0n) is 14.0. The minimum Gasteiger partial charge on any atom is -0.384 e. The number of halogens is 2. The van der Waals surface area contributed by atoms with E-state index in [-0.39, 0.29) is 5.91 Å². The molecule has 1 aliphatic rings. The molecule has 25 heavy (non-hydrogen) atoms. The summed E-state index contributed by atoms with van der Waals surface area (Å²) < 4.78 is 5.23. The Morgan fingerprint density at radius 3 is 2.88 bits per heavy atom. The Morgan fingerprint density at radius 2 is 2.16 bits per heavy atom. The smallest absolute Gasteiger partial charge is 0.255 e. The van der Waals surface area contributed by atoms with Gasteiger partial charge in [-0.05, 0) is 49.1 Å². The molecule has 1 aliphatic heterocycles. The molecular formula is C19H20Cl2N2O2. The van der Waals surface area contributed by atoms with E-state index in [9.17, 15) is 4.79 Å². The van der Waals surface area contributed by atoms with Crippen LogP contribution in [-0.2, 0) is 4.74 Å². The minimum atomic E-state index is 0.0112. The van der Waals surface area contributed by atoms with Crippen LogP contribution in [0.1, 0.15) is 23.2 Å². The third-order valence-electron chi connectivity index (χ3n) is 4.42. The number of amides is 1. The van der Waals surface area contributed by atoms with Gasteiger partial charge in [0.1, 0.15) is 0 Å². The zero-order chi connectivity index (χ0) is 17.8. The molecule has 1 saturated heterocycles. The Bertz CT molecular complexity index is 748. The van der Waals surface area contributed by atoms with Crippen LogP contribution in [-0.4, -0.2) is 42.6 Å². The molecule has 0 N–H and O–H groups in total. The van der Waals surface area contributed by atoms with E-state index in [1.165, 1.54) is 0 Å². The molecule has 6 heteroatoms. The van der Waals surface area contributed by atoms with Gasteiger partial charge in [-0.2, -0.15) is 0 Å². The number of carbonyl (C=O) groups excluding carboxylic acids is 1. The van der Waals surface area contributed by atoms with Crippen molar-refractivity contribution >= 4 is 29.1 Å². The van der Waals surface area contributed by atoms with Crippen LogP contribution in [0.5, 0.6) is 0 Å². The number of likely N-dealkylation sites (tertiary alicyclic amines) is 1. The molecule has 2 aromatic rings. The SMILES string of the molecule is COCC1CCCN(C(=O)c2ccc(-c3cc(Cl)ccc3Cl)nc2)C1. The lowest BCUT2D eigenvalue weighted by Gasteiger charge is -2.32. The molecule has 0 spiro atoms. The maximum atomic E-state index is 12.7. The first-order valence-corrected chi connectivity index (χ1v) is 9.03. The highest BCUT2D eigenvalue weighted by Gasteiger charge is 2.24. The van der Waals surface area contributed by atoms with Crippen LogP contribution in [0.3, 0.4) is 0 Å². The summed E-state index contributed by atoms with van der Waals surface area (Å²) in [6.45, 7) is 2.20. The van der Waals surface area contributed by atoms with Crippen LogP contribution in [0, 0.1) is 5.92 Å². The highest BCUT2D eigenvalue weighted by atomic mass is 35.5. The average Bonchev–Trinajstić information content (AvgIpc) is 2.64. The summed E-state index contributed by atoms with van der Waals surface area (Å²) in [4.78, 5) is 19.0. The number of hydrogen-bond acceptors (Lipinski definition) is 3. The van der Waals surface area contributed by atoms with E-state index in [2.05, 4.69) is 4.98 Å². The van der Waals surface area contributed by atoms with E-state index in [1.54, 1.807) is 43.6 Å². The molecule has 1 fully saturated rings. The Labute approximate surface area is 157 Å². The van der Waals surface area contributed by atoms with Gasteiger partial charge >= 0.3 is 0 Å². The number of carbonyl (C=O) groups is 1. The minimum absolute atomic E-state index is 0.0112. The molecule has 4 nitrogen and oxygen atoms in total. The molecule has 3 rings (SSSR count). The van der Waals surface area contributed by atoms with Crippen LogP contribution in [0.2, 0.25) is 10.0 Å². The first kappa shape index (κ1) is 18.2. The molecule has 1 atom stereocenters. The fraction of sp³-hybridized carbons (Fsp3) is 0.368. The van der Waals surface area contributed by atoms with E-state index in [0.717, 1.165) is 31.5 Å². The number of hydrogen-bond donors (Lipinski definition) is 0. The molecule has 0 aliphatic carbocycles. The molecule has 2 heterocycles. The second kappa shape index (κ2) is 8.17. The van der Waals surface area contributed by atoms with Crippen molar-refractivity contribution in [2.24, 2.45) is 5.92 Å². The standard InChI is InChI=1S/C19H20Cl2N2O2/c1-25-12-13-3-2-8-23(11-13)19(24)14-4-7-18(22-10-14)16-9-15(20)5-6-17(16)21/h4-7,9-10,13H,2-3,8,11-12H2,1H3. The van der Waals surface area contributed by atoms with Crippen molar-refractivity contribution in [2.75, 3.05) is 26.8 Å². The fourth-order valence-corrected chi connectivity index (χ4v) is 3.56. The Morgan fingerprint density at radius 1 is 1.32 bits per heavy atom. The van der Waals surface area contributed by atoms with E-state index in [1.807, 2.05) is 4.90 Å². The molecule has 1 aromatic carbocycles. The van der Waals surface area contributed by atoms with Crippen molar-refractivity contribution in [2.45, 2.75) is 12.8 Å². The van der Waals surface area contributed by atoms with Crippen LogP contribution in [0.4, 0.5) is 0 Å². The molecule has 0 radical (unpaired) electrons. The van der Waals surface area contributed by atoms with Gasteiger partial charge in [-0.1, -0.05) is 23.2 Å². The number of piperidine rings is 1. The van der Waals surface area contributed by atoms with Gasteiger partial charge in [0.05, 0.1) is 22.9 Å². The summed E-state index contributed by atoms with van der Waals surface area (Å²) in [5.41, 5.74) is 2.03. The Balaban J connectivity index is 1.75. The number of rotatable bonds is 4. The topological polar surface area (TPSA) is 42.4 Å². The normalized spacial score (nSPS) is 17.6. The molecular weight excluding hydrogens is 359 g/mol. The number of pyridine rings is 1. The molecule has 132 valence electrons. The van der Waals surface area contributed by atoms with Crippen LogP contribution in [0.15, 0.2) is 36.5 Å². The van der Waals surface area contributed by atoms with Gasteiger partial charge in [-0.3, -0.25) is 9.78 Å². The van der Waals surface area contributed by atoms with Crippen molar-refractivity contribution in [1.29, 1.82) is 0 Å². The molecule has 1 unspecified atom stereocenters. The fourth-order valence-electron chi connectivity index (χ4n) is 3.18. The summed E-state index contributed by atoms with van der Waals surface area (Å²) >= 11 is 12.2. The largest absolute Gasteiger partial charge is 0.384 e. The van der Waals surface area contributed by atoms with Gasteiger partial charge in [0.2, 0.25) is 0 Å². The lowest BCUT2D eigenvalue weighted by Crippen LogP contribution is -2.41. The monoisotopic (exact) mass is 378 g/mol. The van der Waals surface area contributed by atoms with Gasteiger partial charge < -0.3 is 9.64 Å². The van der Waals surface area contributed by atoms with E-state index >= 15 is 0 Å². The van der Waals surface area contributed by atoms with Gasteiger partial charge in [-0.25, -0.2) is 0 Å². The third kappa shape index (κ3) is 4.32. The number of ether oxygens (including phenoxy) is 1. The number of aromatic nitrogens is 1. The maximum Gasteiger partial charge on any atom is 0.255 e. The highest BCUT2D eigenvalue weighted by Crippen LogP contribution is 2.29. The molecule has 0 saturated carbocycles. The predicted molar refractivity (Wildman–Crippen MR) is 100 cm³/mol. The number of nitrogens with zero attached hydrogens (tertiary/aromatic N) is 2. The summed E-state index contributed by atoms with van der Waals surface area (Å²) in [7, 11) is 1.70. The molecule has 0 bridgehead atoms. The van der Waals surface area contributed by atoms with Crippen molar-refractivity contribution < 1.29 is 9.53 Å². The van der Waals surface area contributed by atoms with Gasteiger partial charge in [-0.15, -0.1) is 0 Å². The van der Waals surface area contributed by atoms with Crippen molar-refractivity contribution in [3.63, 3.8) is 0 Å². The van der Waals surface area contributed by atoms with Gasteiger partial charge in [0.15, 0.2) is 0 Å². The Hall–Kier alpha value is -1.62. The van der Waals surface area contributed by atoms with Crippen molar-refractivity contribution in [1.82, 2.24) is 9.88 Å². The second-order valence-electron chi connectivity index (χ2n) is 6.27. The van der Waals surface area contributed by atoms with Crippen molar-refractivity contribution in [3.05, 3.63) is 52.1 Å². The first-order valence-electron chi connectivity index (χ1n) is 8.28. The second-order valence-corrected chi connectivity index (χ2v) is 7.11. The molecule has 1 aromatic heterocycles. The summed E-state index contributed by atoms with van der Waals surface area (Å²) in [5.74, 6) is 0.414. The van der Waals surface area contributed by atoms with Crippen LogP contribution >= 0.6 is 23.2 Å². The van der Waals surface area contributed by atoms with Gasteiger partial charge in [0, 0.05) is 37.0 Å². The summed E-state index contributed by atoms with van der Waals surface area (Å²) in [5, 5.41) is 1.17. The Kier molecular flexibility index (Phi) is 5.94. The van der Waals surface area contributed by atoms with Crippen LogP contribution < -0.4 is 0 Å². The lowest BCUT2D eigenvalue weighted by molar-refractivity contribution is 0.0570. The van der Waals surface area contributed by atoms with E-state index < -0.39 is 0 Å². The molecule has 1 amide bonds. The highest BCUT2D eigenvalue weighted by molar-refractivity contribution is 6.35. The van der Waals surface area contributed by atoms with Crippen LogP contribution in [0.25, 0.3) is 11.3 Å². The number of benzene rings is 1. The quantitative estimate of drug-likeness (QED) is 0.783. The van der Waals surface area contributed by atoms with Crippen molar-refractivity contribution in [3.8, 4) is 11.3 Å². The first-order chi connectivity index (χ1) is 12.1. The summed E-state index contributed by atoms with van der Waals surface area (Å²) in [6.07, 6.45) is 3.71. The predicted octanol–water partition coefficient (Wildman–Crippen LogP) is 4.55. The van der Waals surface area contributed by atoms with E-state index in [4.69, 9.17) is 27.9 Å². The lowest BCUT2D eigenvalue weighted by atomic mass is 9.98. The zero-order valence-corrected chi connectivity index (χ0v) is 15.6. The van der Waals surface area contributed by atoms with Gasteiger partial charge in [0.25, 0.3) is 5.91 Å². The average molecular weight is 379 g/mol. The third-order valence-corrected chi connectivity index (χ3v) is 4.99.